The molecule has 0 saturated carbocycles. The summed E-state index contributed by atoms with van der Waals surface area (Å²) in [6.45, 7) is 3.89. The van der Waals surface area contributed by atoms with Crippen LogP contribution in [0.1, 0.15) is 18.4 Å². The smallest absolute Gasteiger partial charge is 0.256 e. The average molecular weight is 354 g/mol. The summed E-state index contributed by atoms with van der Waals surface area (Å²) in [6, 6.07) is 12.6. The summed E-state index contributed by atoms with van der Waals surface area (Å²) in [4.78, 5) is 21.9. The molecule has 0 N–H and O–H groups in total. The zero-order valence-electron chi connectivity index (χ0n) is 15.3. The number of hydrogen-bond donors (Lipinski definition) is 0. The second-order valence-electron chi connectivity index (χ2n) is 7.09. The molecule has 3 heterocycles. The number of aromatic nitrogens is 2. The highest BCUT2D eigenvalue weighted by Crippen LogP contribution is 2.27. The van der Waals surface area contributed by atoms with Crippen molar-refractivity contribution >= 4 is 11.8 Å². The van der Waals surface area contributed by atoms with Crippen molar-refractivity contribution in [2.75, 3.05) is 42.6 Å². The van der Waals surface area contributed by atoms with Gasteiger partial charge in [0.25, 0.3) is 5.56 Å². The van der Waals surface area contributed by atoms with Crippen LogP contribution in [-0.2, 0) is 18.2 Å². The number of nitrogens with zero attached hydrogens (tertiary/aromatic N) is 4. The molecule has 0 spiro atoms. The van der Waals surface area contributed by atoms with Gasteiger partial charge in [0.15, 0.2) is 0 Å². The van der Waals surface area contributed by atoms with Gasteiger partial charge in [-0.1, -0.05) is 30.3 Å². The van der Waals surface area contributed by atoms with E-state index in [2.05, 4.69) is 34.1 Å². The molecule has 6 nitrogen and oxygen atoms in total. The molecule has 0 unspecified atom stereocenters. The van der Waals surface area contributed by atoms with Crippen LogP contribution in [0.4, 0.5) is 11.8 Å². The Hall–Kier alpha value is -2.34. The molecular formula is C20H26N4O2. The molecule has 0 radical (unpaired) electrons. The van der Waals surface area contributed by atoms with E-state index in [0.717, 1.165) is 50.7 Å². The third-order valence-corrected chi connectivity index (χ3v) is 5.38. The van der Waals surface area contributed by atoms with Crippen molar-refractivity contribution in [1.29, 1.82) is 0 Å². The zero-order chi connectivity index (χ0) is 17.9. The molecule has 2 aromatic rings. The Kier molecular flexibility index (Phi) is 4.93. The Morgan fingerprint density at radius 3 is 2.69 bits per heavy atom. The molecule has 0 aliphatic carbocycles. The summed E-state index contributed by atoms with van der Waals surface area (Å²) in [5.74, 6) is 1.56. The Labute approximate surface area is 154 Å². The van der Waals surface area contributed by atoms with Gasteiger partial charge in [0.2, 0.25) is 5.95 Å². The van der Waals surface area contributed by atoms with Gasteiger partial charge in [0.1, 0.15) is 5.82 Å². The molecule has 26 heavy (non-hydrogen) atoms. The molecule has 1 atom stereocenters. The van der Waals surface area contributed by atoms with Crippen LogP contribution in [0.25, 0.3) is 0 Å². The van der Waals surface area contributed by atoms with Crippen molar-refractivity contribution in [2.24, 2.45) is 7.05 Å². The van der Waals surface area contributed by atoms with Crippen molar-refractivity contribution in [3.63, 3.8) is 0 Å². The Bertz CT molecular complexity index is 799. The largest absolute Gasteiger partial charge is 0.378 e. The topological polar surface area (TPSA) is 50.6 Å². The van der Waals surface area contributed by atoms with Gasteiger partial charge in [0, 0.05) is 38.8 Å². The molecule has 1 aromatic carbocycles. The summed E-state index contributed by atoms with van der Waals surface area (Å²) in [6.07, 6.45) is 3.25. The lowest BCUT2D eigenvalue weighted by atomic mass is 10.0. The minimum Gasteiger partial charge on any atom is -0.378 e. The highest BCUT2D eigenvalue weighted by molar-refractivity contribution is 5.46. The molecule has 2 fully saturated rings. The van der Waals surface area contributed by atoms with E-state index in [1.54, 1.807) is 10.6 Å². The van der Waals surface area contributed by atoms with E-state index in [1.807, 2.05) is 13.1 Å². The predicted molar refractivity (Wildman–Crippen MR) is 103 cm³/mol. The monoisotopic (exact) mass is 354 g/mol. The lowest BCUT2D eigenvalue weighted by Crippen LogP contribution is -2.40. The van der Waals surface area contributed by atoms with Gasteiger partial charge in [0.05, 0.1) is 13.2 Å². The minimum absolute atomic E-state index is 0.00172. The van der Waals surface area contributed by atoms with Gasteiger partial charge in [-0.3, -0.25) is 9.36 Å². The fourth-order valence-corrected chi connectivity index (χ4v) is 3.92. The van der Waals surface area contributed by atoms with Gasteiger partial charge < -0.3 is 14.5 Å². The highest BCUT2D eigenvalue weighted by atomic mass is 16.5. The number of rotatable bonds is 4. The molecule has 6 heteroatoms. The van der Waals surface area contributed by atoms with Crippen molar-refractivity contribution in [3.05, 3.63) is 52.3 Å². The molecule has 0 amide bonds. The highest BCUT2D eigenvalue weighted by Gasteiger charge is 2.28. The molecule has 2 aliphatic rings. The number of benzene rings is 1. The lowest BCUT2D eigenvalue weighted by molar-refractivity contribution is 0.122. The SMILES string of the molecule is Cn1c(N2CCC[C@H]2Cc2ccccc2)nc(N2CCOCC2)cc1=O. The van der Waals surface area contributed by atoms with E-state index in [1.165, 1.54) is 5.56 Å². The fourth-order valence-electron chi connectivity index (χ4n) is 3.92. The summed E-state index contributed by atoms with van der Waals surface area (Å²) >= 11 is 0. The van der Waals surface area contributed by atoms with E-state index in [9.17, 15) is 4.79 Å². The molecule has 0 bridgehead atoms. The maximum absolute atomic E-state index is 12.6. The quantitative estimate of drug-likeness (QED) is 0.838. The number of anilines is 2. The van der Waals surface area contributed by atoms with Gasteiger partial charge in [-0.05, 0) is 24.8 Å². The van der Waals surface area contributed by atoms with Crippen LogP contribution in [0.15, 0.2) is 41.2 Å². The van der Waals surface area contributed by atoms with Crippen LogP contribution < -0.4 is 15.4 Å². The van der Waals surface area contributed by atoms with Crippen molar-refractivity contribution in [3.8, 4) is 0 Å². The van der Waals surface area contributed by atoms with Crippen LogP contribution >= 0.6 is 0 Å². The van der Waals surface area contributed by atoms with Gasteiger partial charge >= 0.3 is 0 Å². The molecule has 4 rings (SSSR count). The molecular weight excluding hydrogens is 328 g/mol. The van der Waals surface area contributed by atoms with Crippen molar-refractivity contribution in [2.45, 2.75) is 25.3 Å². The molecule has 1 aromatic heterocycles. The van der Waals surface area contributed by atoms with Crippen LogP contribution in [0, 0.1) is 0 Å². The first-order valence-electron chi connectivity index (χ1n) is 9.44. The maximum Gasteiger partial charge on any atom is 0.256 e. The summed E-state index contributed by atoms with van der Waals surface area (Å²) < 4.78 is 7.11. The fraction of sp³-hybridized carbons (Fsp3) is 0.500. The zero-order valence-corrected chi connectivity index (χ0v) is 15.3. The van der Waals surface area contributed by atoms with Gasteiger partial charge in [-0.25, -0.2) is 0 Å². The second kappa shape index (κ2) is 7.50. The van der Waals surface area contributed by atoms with Crippen molar-refractivity contribution in [1.82, 2.24) is 9.55 Å². The van der Waals surface area contributed by atoms with E-state index >= 15 is 0 Å². The number of hydrogen-bond acceptors (Lipinski definition) is 5. The standard InChI is InChI=1S/C20H26N4O2/c1-22-19(25)15-18(23-10-12-26-13-11-23)21-20(22)24-9-5-8-17(24)14-16-6-3-2-4-7-16/h2-4,6-7,15,17H,5,8-14H2,1H3/t17-/m0/s1. The molecule has 138 valence electrons. The number of ether oxygens (including phenoxy) is 1. The van der Waals surface area contributed by atoms with Crippen LogP contribution in [0.3, 0.4) is 0 Å². The third kappa shape index (κ3) is 3.46. The molecule has 2 saturated heterocycles. The van der Waals surface area contributed by atoms with Crippen LogP contribution in [0.2, 0.25) is 0 Å². The van der Waals surface area contributed by atoms with Crippen LogP contribution in [-0.4, -0.2) is 48.4 Å². The Morgan fingerprint density at radius 2 is 1.92 bits per heavy atom. The lowest BCUT2D eigenvalue weighted by Gasteiger charge is -2.31. The van der Waals surface area contributed by atoms with Crippen LogP contribution in [0.5, 0.6) is 0 Å². The van der Waals surface area contributed by atoms with E-state index in [4.69, 9.17) is 9.72 Å². The molecule has 2 aliphatic heterocycles. The number of morpholine rings is 1. The average Bonchev–Trinajstić information content (AvgIpc) is 3.13. The predicted octanol–water partition coefficient (Wildman–Crippen LogP) is 1.83. The first-order valence-corrected chi connectivity index (χ1v) is 9.44. The summed E-state index contributed by atoms with van der Waals surface area (Å²) in [7, 11) is 1.83. The van der Waals surface area contributed by atoms with E-state index < -0.39 is 0 Å². The van der Waals surface area contributed by atoms with Crippen molar-refractivity contribution < 1.29 is 4.74 Å². The maximum atomic E-state index is 12.6. The Balaban J connectivity index is 1.62. The Morgan fingerprint density at radius 1 is 1.15 bits per heavy atom. The van der Waals surface area contributed by atoms with E-state index in [0.29, 0.717) is 19.3 Å². The van der Waals surface area contributed by atoms with Gasteiger partial charge in [-0.2, -0.15) is 4.98 Å². The third-order valence-electron chi connectivity index (χ3n) is 5.38. The first-order chi connectivity index (χ1) is 12.7. The first kappa shape index (κ1) is 17.1. The second-order valence-corrected chi connectivity index (χ2v) is 7.09. The summed E-state index contributed by atoms with van der Waals surface area (Å²) in [5, 5.41) is 0. The normalized spacial score (nSPS) is 20.6. The minimum atomic E-state index is 0.00172. The van der Waals surface area contributed by atoms with E-state index in [-0.39, 0.29) is 5.56 Å². The van der Waals surface area contributed by atoms with Gasteiger partial charge in [-0.15, -0.1) is 0 Å². The summed E-state index contributed by atoms with van der Waals surface area (Å²) in [5.41, 5.74) is 1.33.